The Kier molecular flexibility index (Phi) is 4.79. The maximum atomic E-state index is 12.3. The van der Waals surface area contributed by atoms with E-state index in [1.54, 1.807) is 5.38 Å². The number of aromatic nitrogens is 1. The summed E-state index contributed by atoms with van der Waals surface area (Å²) in [6, 6.07) is 0. The Morgan fingerprint density at radius 2 is 1.92 bits per heavy atom. The van der Waals surface area contributed by atoms with Gasteiger partial charge in [0.1, 0.15) is 0 Å². The van der Waals surface area contributed by atoms with Gasteiger partial charge in [-0.2, -0.15) is 0 Å². The molecule has 5 nitrogen and oxygen atoms in total. The summed E-state index contributed by atoms with van der Waals surface area (Å²) in [7, 11) is 1.36. The van der Waals surface area contributed by atoms with Gasteiger partial charge in [-0.05, 0) is 56.3 Å². The van der Waals surface area contributed by atoms with Gasteiger partial charge in [0.25, 0.3) is 0 Å². The second kappa shape index (κ2) is 6.91. The SMILES string of the molecule is COC(=O)Cc1csc(NC(=O)CSC23CC4CC(CC(C4)C2)C3)n1. The maximum absolute atomic E-state index is 12.3. The molecular weight excluding hydrogens is 356 g/mol. The van der Waals surface area contributed by atoms with Crippen LogP contribution in [0.1, 0.15) is 44.2 Å². The monoisotopic (exact) mass is 380 g/mol. The molecule has 136 valence electrons. The quantitative estimate of drug-likeness (QED) is 0.765. The van der Waals surface area contributed by atoms with Crippen molar-refractivity contribution in [1.82, 2.24) is 4.98 Å². The Morgan fingerprint density at radius 3 is 2.52 bits per heavy atom. The van der Waals surface area contributed by atoms with Gasteiger partial charge in [-0.3, -0.25) is 9.59 Å². The van der Waals surface area contributed by atoms with Gasteiger partial charge >= 0.3 is 5.97 Å². The molecule has 1 aromatic rings. The van der Waals surface area contributed by atoms with Crippen LogP contribution in [0.15, 0.2) is 5.38 Å². The van der Waals surface area contributed by atoms with E-state index in [9.17, 15) is 9.59 Å². The molecule has 4 fully saturated rings. The third-order valence-corrected chi connectivity index (χ3v) is 8.17. The highest BCUT2D eigenvalue weighted by Gasteiger charge is 2.51. The van der Waals surface area contributed by atoms with Crippen LogP contribution in [0.2, 0.25) is 0 Å². The number of esters is 1. The zero-order valence-electron chi connectivity index (χ0n) is 14.5. The fourth-order valence-electron chi connectivity index (χ4n) is 5.25. The first kappa shape index (κ1) is 17.3. The van der Waals surface area contributed by atoms with Crippen LogP contribution in [-0.2, 0) is 20.7 Å². The first-order valence-corrected chi connectivity index (χ1v) is 10.8. The molecule has 0 saturated heterocycles. The van der Waals surface area contributed by atoms with Crippen molar-refractivity contribution in [1.29, 1.82) is 0 Å². The van der Waals surface area contributed by atoms with Gasteiger partial charge in [-0.15, -0.1) is 23.1 Å². The van der Waals surface area contributed by atoms with Gasteiger partial charge in [0.15, 0.2) is 5.13 Å². The van der Waals surface area contributed by atoms with Crippen LogP contribution in [0.3, 0.4) is 0 Å². The average Bonchev–Trinajstić information content (AvgIpc) is 2.98. The predicted molar refractivity (Wildman–Crippen MR) is 99.8 cm³/mol. The molecule has 7 heteroatoms. The van der Waals surface area contributed by atoms with Gasteiger partial charge in [0.05, 0.1) is 25.0 Å². The van der Waals surface area contributed by atoms with Crippen LogP contribution in [0.5, 0.6) is 0 Å². The molecule has 0 radical (unpaired) electrons. The lowest BCUT2D eigenvalue weighted by atomic mass is 9.56. The topological polar surface area (TPSA) is 68.3 Å². The van der Waals surface area contributed by atoms with Crippen LogP contribution in [0, 0.1) is 17.8 Å². The molecule has 1 heterocycles. The van der Waals surface area contributed by atoms with E-state index in [0.29, 0.717) is 21.3 Å². The molecular formula is C18H24N2O3S2. The number of hydrogen-bond acceptors (Lipinski definition) is 6. The summed E-state index contributed by atoms with van der Waals surface area (Å²) in [6.45, 7) is 0. The summed E-state index contributed by atoms with van der Waals surface area (Å²) in [5.41, 5.74) is 0.640. The Balaban J connectivity index is 1.29. The Morgan fingerprint density at radius 1 is 1.28 bits per heavy atom. The molecule has 25 heavy (non-hydrogen) atoms. The number of ether oxygens (including phenoxy) is 1. The van der Waals surface area contributed by atoms with Gasteiger partial charge in [0, 0.05) is 10.1 Å². The van der Waals surface area contributed by atoms with Gasteiger partial charge in [-0.1, -0.05) is 0 Å². The lowest BCUT2D eigenvalue weighted by Crippen LogP contribution is -2.49. The molecule has 0 aliphatic heterocycles. The lowest BCUT2D eigenvalue weighted by molar-refractivity contribution is -0.139. The summed E-state index contributed by atoms with van der Waals surface area (Å²) in [5, 5.41) is 5.24. The zero-order valence-corrected chi connectivity index (χ0v) is 16.1. The predicted octanol–water partition coefficient (Wildman–Crippen LogP) is 3.50. The van der Waals surface area contributed by atoms with Crippen LogP contribution < -0.4 is 5.32 Å². The summed E-state index contributed by atoms with van der Waals surface area (Å²) >= 11 is 3.23. The Bertz CT molecular complexity index is 638. The lowest BCUT2D eigenvalue weighted by Gasteiger charge is -2.56. The minimum atomic E-state index is -0.319. The van der Waals surface area contributed by atoms with Crippen molar-refractivity contribution in [2.24, 2.45) is 17.8 Å². The summed E-state index contributed by atoms with van der Waals surface area (Å²) in [6.07, 6.45) is 8.33. The third kappa shape index (κ3) is 3.87. The number of nitrogens with zero attached hydrogens (tertiary/aromatic N) is 1. The second-order valence-electron chi connectivity index (χ2n) is 7.83. The highest BCUT2D eigenvalue weighted by molar-refractivity contribution is 8.01. The molecule has 1 N–H and O–H groups in total. The number of carbonyl (C=O) groups is 2. The van der Waals surface area contributed by atoms with Crippen molar-refractivity contribution in [2.45, 2.75) is 49.7 Å². The summed E-state index contributed by atoms with van der Waals surface area (Å²) in [5.74, 6) is 2.91. The number of nitrogens with one attached hydrogen (secondary N) is 1. The normalized spacial score (nSPS) is 32.6. The standard InChI is InChI=1S/C18H24N2O3S2/c1-23-16(22)5-14-9-24-17(19-14)20-15(21)10-25-18-6-11-2-12(7-18)4-13(3-11)8-18/h9,11-13H,2-8,10H2,1H3,(H,19,20,21). The van der Waals surface area contributed by atoms with E-state index in [1.165, 1.54) is 57.0 Å². The zero-order chi connectivity index (χ0) is 17.4. The molecule has 4 aliphatic rings. The van der Waals surface area contributed by atoms with Gasteiger partial charge in [0.2, 0.25) is 5.91 Å². The molecule has 0 unspecified atom stereocenters. The summed E-state index contributed by atoms with van der Waals surface area (Å²) in [4.78, 5) is 27.9. The van der Waals surface area contributed by atoms with Crippen LogP contribution >= 0.6 is 23.1 Å². The molecule has 0 atom stereocenters. The number of thiazole rings is 1. The average molecular weight is 381 g/mol. The molecule has 4 saturated carbocycles. The minimum Gasteiger partial charge on any atom is -0.469 e. The molecule has 0 spiro atoms. The molecule has 0 aromatic carbocycles. The smallest absolute Gasteiger partial charge is 0.311 e. The van der Waals surface area contributed by atoms with Crippen LogP contribution in [0.4, 0.5) is 5.13 Å². The first-order chi connectivity index (χ1) is 12.0. The largest absolute Gasteiger partial charge is 0.469 e. The molecule has 4 aliphatic carbocycles. The van der Waals surface area contributed by atoms with Gasteiger partial charge < -0.3 is 10.1 Å². The van der Waals surface area contributed by atoms with Crippen molar-refractivity contribution in [3.8, 4) is 0 Å². The third-order valence-electron chi connectivity index (χ3n) is 5.84. The van der Waals surface area contributed by atoms with Crippen molar-refractivity contribution >= 4 is 40.1 Å². The second-order valence-corrected chi connectivity index (χ2v) is 10.1. The van der Waals surface area contributed by atoms with Gasteiger partial charge in [-0.25, -0.2) is 4.98 Å². The van der Waals surface area contributed by atoms with Crippen LogP contribution in [-0.4, -0.2) is 34.5 Å². The van der Waals surface area contributed by atoms with Crippen LogP contribution in [0.25, 0.3) is 0 Å². The number of amides is 1. The molecule has 5 rings (SSSR count). The highest BCUT2D eigenvalue weighted by atomic mass is 32.2. The summed E-state index contributed by atoms with van der Waals surface area (Å²) < 4.78 is 4.99. The van der Waals surface area contributed by atoms with Crippen molar-refractivity contribution in [2.75, 3.05) is 18.2 Å². The number of carbonyl (C=O) groups excluding carboxylic acids is 2. The van der Waals surface area contributed by atoms with Crippen molar-refractivity contribution in [3.05, 3.63) is 11.1 Å². The Labute approximate surface area is 156 Å². The molecule has 4 bridgehead atoms. The fraction of sp³-hybridized carbons (Fsp3) is 0.722. The fourth-order valence-corrected chi connectivity index (χ4v) is 7.54. The van der Waals surface area contributed by atoms with Crippen molar-refractivity contribution in [3.63, 3.8) is 0 Å². The van der Waals surface area contributed by atoms with E-state index in [-0.39, 0.29) is 18.3 Å². The number of methoxy groups -OCH3 is 1. The maximum Gasteiger partial charge on any atom is 0.311 e. The minimum absolute atomic E-state index is 0.0136. The van der Waals surface area contributed by atoms with Crippen molar-refractivity contribution < 1.29 is 14.3 Å². The number of anilines is 1. The molecule has 1 amide bonds. The number of rotatable bonds is 6. The highest BCUT2D eigenvalue weighted by Crippen LogP contribution is 2.60. The van der Waals surface area contributed by atoms with E-state index in [0.717, 1.165) is 17.8 Å². The number of thioether (sulfide) groups is 1. The Hall–Kier alpha value is -1.08. The molecule has 1 aromatic heterocycles. The van der Waals surface area contributed by atoms with E-state index in [4.69, 9.17) is 0 Å². The van der Waals surface area contributed by atoms with E-state index < -0.39 is 0 Å². The van der Waals surface area contributed by atoms with E-state index in [1.807, 2.05) is 11.8 Å². The number of hydrogen-bond donors (Lipinski definition) is 1. The van der Waals surface area contributed by atoms with E-state index in [2.05, 4.69) is 15.0 Å². The first-order valence-electron chi connectivity index (χ1n) is 8.98. The van der Waals surface area contributed by atoms with E-state index >= 15 is 0 Å².